The van der Waals surface area contributed by atoms with E-state index >= 15 is 0 Å². The van der Waals surface area contributed by atoms with Gasteiger partial charge in [-0.25, -0.2) is 0 Å². The molecule has 1 atom stereocenters. The maximum Gasteiger partial charge on any atom is 0.240 e. The maximum atomic E-state index is 12.1. The molecule has 0 saturated carbocycles. The van der Waals surface area contributed by atoms with Crippen LogP contribution in [0.2, 0.25) is 0 Å². The Morgan fingerprint density at radius 1 is 1.48 bits per heavy atom. The monoisotopic (exact) mass is 395 g/mol. The Morgan fingerprint density at radius 2 is 2.24 bits per heavy atom. The molecule has 1 unspecified atom stereocenters. The number of nitrogens with zero attached hydrogens (tertiary/aromatic N) is 1. The van der Waals surface area contributed by atoms with Gasteiger partial charge in [-0.2, -0.15) is 0 Å². The van der Waals surface area contributed by atoms with Crippen LogP contribution in [0.25, 0.3) is 5.70 Å². The molecule has 110 valence electrons. The molecular formula is C17H18INO2. The van der Waals surface area contributed by atoms with E-state index < -0.39 is 0 Å². The molecule has 2 rings (SSSR count). The van der Waals surface area contributed by atoms with Gasteiger partial charge in [0.25, 0.3) is 0 Å². The number of ether oxygens (including phenoxy) is 1. The summed E-state index contributed by atoms with van der Waals surface area (Å²) < 4.78 is 5.59. The summed E-state index contributed by atoms with van der Waals surface area (Å²) in [6, 6.07) is 5.92. The zero-order valence-corrected chi connectivity index (χ0v) is 14.6. The standard InChI is InChI=1S/C17H18INO2/c1-4-5-10-21-13-6-7-14(12(2)11-13)16-9-8-15(18)17(20)19(16)3/h6-7,9,11,15H,8,10H2,1-3H3. The van der Waals surface area contributed by atoms with Crippen molar-refractivity contribution in [2.45, 2.75) is 24.2 Å². The van der Waals surface area contributed by atoms with E-state index in [-0.39, 0.29) is 9.83 Å². The molecule has 0 fully saturated rings. The molecule has 0 aromatic heterocycles. The van der Waals surface area contributed by atoms with Crippen molar-refractivity contribution in [2.75, 3.05) is 13.7 Å². The van der Waals surface area contributed by atoms with Crippen LogP contribution in [0.4, 0.5) is 0 Å². The van der Waals surface area contributed by atoms with E-state index in [0.29, 0.717) is 6.61 Å². The first-order valence-electron chi connectivity index (χ1n) is 6.80. The summed E-state index contributed by atoms with van der Waals surface area (Å²) in [4.78, 5) is 13.8. The minimum atomic E-state index is 0.0341. The van der Waals surface area contributed by atoms with Crippen LogP contribution < -0.4 is 4.74 Å². The minimum Gasteiger partial charge on any atom is -0.481 e. The molecule has 0 spiro atoms. The Bertz CT molecular complexity index is 640. The van der Waals surface area contributed by atoms with Gasteiger partial charge in [0.2, 0.25) is 5.91 Å². The molecule has 1 amide bonds. The van der Waals surface area contributed by atoms with Crippen LogP contribution in [0.3, 0.4) is 0 Å². The Balaban J connectivity index is 2.24. The Labute approximate surface area is 139 Å². The molecule has 0 radical (unpaired) electrons. The van der Waals surface area contributed by atoms with Crippen molar-refractivity contribution >= 4 is 34.2 Å². The summed E-state index contributed by atoms with van der Waals surface area (Å²) in [6.07, 6.45) is 2.91. The molecule has 1 heterocycles. The number of hydrogen-bond donors (Lipinski definition) is 0. The lowest BCUT2D eigenvalue weighted by molar-refractivity contribution is -0.126. The van der Waals surface area contributed by atoms with Gasteiger partial charge in [0.05, 0.1) is 3.92 Å². The highest BCUT2D eigenvalue weighted by molar-refractivity contribution is 14.1. The summed E-state index contributed by atoms with van der Waals surface area (Å²) >= 11 is 2.19. The van der Waals surface area contributed by atoms with Gasteiger partial charge in [0.15, 0.2) is 0 Å². The largest absolute Gasteiger partial charge is 0.481 e. The van der Waals surface area contributed by atoms with E-state index in [1.807, 2.05) is 32.2 Å². The van der Waals surface area contributed by atoms with Crippen molar-refractivity contribution in [3.8, 4) is 17.6 Å². The van der Waals surface area contributed by atoms with Gasteiger partial charge in [0, 0.05) is 18.3 Å². The molecule has 1 aliphatic heterocycles. The second-order valence-corrected chi connectivity index (χ2v) is 6.39. The zero-order chi connectivity index (χ0) is 15.4. The van der Waals surface area contributed by atoms with Crippen LogP contribution in [-0.2, 0) is 4.79 Å². The van der Waals surface area contributed by atoms with Crippen LogP contribution in [0.5, 0.6) is 5.75 Å². The van der Waals surface area contributed by atoms with Gasteiger partial charge < -0.3 is 9.64 Å². The van der Waals surface area contributed by atoms with Gasteiger partial charge in [-0.15, -0.1) is 5.92 Å². The van der Waals surface area contributed by atoms with Gasteiger partial charge in [0.1, 0.15) is 12.4 Å². The average Bonchev–Trinajstić information content (AvgIpc) is 2.46. The molecule has 21 heavy (non-hydrogen) atoms. The molecule has 1 aliphatic rings. The summed E-state index contributed by atoms with van der Waals surface area (Å²) in [7, 11) is 1.83. The molecule has 3 nitrogen and oxygen atoms in total. The van der Waals surface area contributed by atoms with Gasteiger partial charge in [-0.05, 0) is 44.0 Å². The Morgan fingerprint density at radius 3 is 2.90 bits per heavy atom. The van der Waals surface area contributed by atoms with Crippen molar-refractivity contribution in [1.29, 1.82) is 0 Å². The molecule has 0 saturated heterocycles. The number of hydrogen-bond acceptors (Lipinski definition) is 2. The van der Waals surface area contributed by atoms with Crippen molar-refractivity contribution < 1.29 is 9.53 Å². The van der Waals surface area contributed by atoms with Crippen molar-refractivity contribution in [1.82, 2.24) is 4.90 Å². The molecule has 1 aromatic rings. The SMILES string of the molecule is CC#CCOc1ccc(C2=CCC(I)C(=O)N2C)c(C)c1. The molecule has 4 heteroatoms. The third kappa shape index (κ3) is 3.59. The second kappa shape index (κ2) is 6.99. The van der Waals surface area contributed by atoms with Crippen LogP contribution in [0.1, 0.15) is 24.5 Å². The first-order chi connectivity index (χ1) is 10.0. The number of halogens is 1. The first-order valence-corrected chi connectivity index (χ1v) is 8.04. The van der Waals surface area contributed by atoms with Crippen LogP contribution >= 0.6 is 22.6 Å². The molecule has 0 N–H and O–H groups in total. The third-order valence-electron chi connectivity index (χ3n) is 3.44. The minimum absolute atomic E-state index is 0.0341. The lowest BCUT2D eigenvalue weighted by Gasteiger charge is -2.28. The van der Waals surface area contributed by atoms with Crippen LogP contribution in [0, 0.1) is 18.8 Å². The van der Waals surface area contributed by atoms with Gasteiger partial charge in [-0.1, -0.05) is 34.6 Å². The lowest BCUT2D eigenvalue weighted by Crippen LogP contribution is -2.35. The number of rotatable bonds is 3. The Kier molecular flexibility index (Phi) is 5.29. The van der Waals surface area contributed by atoms with E-state index in [1.54, 1.807) is 11.8 Å². The fraction of sp³-hybridized carbons (Fsp3) is 0.353. The highest BCUT2D eigenvalue weighted by Gasteiger charge is 2.26. The van der Waals surface area contributed by atoms with Crippen LogP contribution in [0.15, 0.2) is 24.3 Å². The topological polar surface area (TPSA) is 29.5 Å². The number of carbonyl (C=O) groups is 1. The summed E-state index contributed by atoms with van der Waals surface area (Å²) in [6.45, 7) is 4.22. The number of amides is 1. The summed E-state index contributed by atoms with van der Waals surface area (Å²) in [5.74, 6) is 6.64. The van der Waals surface area contributed by atoms with Crippen LogP contribution in [-0.4, -0.2) is 28.4 Å². The molecule has 0 aliphatic carbocycles. The normalized spacial score (nSPS) is 17.9. The van der Waals surface area contributed by atoms with Gasteiger partial charge >= 0.3 is 0 Å². The summed E-state index contributed by atoms with van der Waals surface area (Å²) in [5, 5.41) is 0. The molecule has 1 aromatic carbocycles. The Hall–Kier alpha value is -1.48. The highest BCUT2D eigenvalue weighted by Crippen LogP contribution is 2.30. The quantitative estimate of drug-likeness (QED) is 0.446. The van der Waals surface area contributed by atoms with E-state index in [1.165, 1.54) is 0 Å². The fourth-order valence-electron chi connectivity index (χ4n) is 2.28. The number of carbonyl (C=O) groups excluding carboxylic acids is 1. The number of aryl methyl sites for hydroxylation is 1. The second-order valence-electron chi connectivity index (χ2n) is 4.88. The highest BCUT2D eigenvalue weighted by atomic mass is 127. The predicted molar refractivity (Wildman–Crippen MR) is 93.3 cm³/mol. The fourth-order valence-corrected chi connectivity index (χ4v) is 2.95. The maximum absolute atomic E-state index is 12.1. The predicted octanol–water partition coefficient (Wildman–Crippen LogP) is 3.40. The number of benzene rings is 1. The molecular weight excluding hydrogens is 377 g/mol. The van der Waals surface area contributed by atoms with Crippen molar-refractivity contribution in [3.05, 3.63) is 35.4 Å². The van der Waals surface area contributed by atoms with E-state index in [9.17, 15) is 4.79 Å². The smallest absolute Gasteiger partial charge is 0.240 e. The van der Waals surface area contributed by atoms with Crippen molar-refractivity contribution in [3.63, 3.8) is 0 Å². The zero-order valence-electron chi connectivity index (χ0n) is 12.4. The van der Waals surface area contributed by atoms with Crippen molar-refractivity contribution in [2.24, 2.45) is 0 Å². The molecule has 0 bridgehead atoms. The number of alkyl halides is 1. The third-order valence-corrected chi connectivity index (χ3v) is 4.48. The summed E-state index contributed by atoms with van der Waals surface area (Å²) in [5.41, 5.74) is 3.14. The van der Waals surface area contributed by atoms with E-state index in [0.717, 1.165) is 29.0 Å². The average molecular weight is 395 g/mol. The first kappa shape index (κ1) is 15.9. The van der Waals surface area contributed by atoms with E-state index in [2.05, 4.69) is 40.5 Å². The van der Waals surface area contributed by atoms with E-state index in [4.69, 9.17) is 4.74 Å². The van der Waals surface area contributed by atoms with Gasteiger partial charge in [-0.3, -0.25) is 4.79 Å². The lowest BCUT2D eigenvalue weighted by atomic mass is 10.0. The number of allylic oxidation sites excluding steroid dienone is 1.